The number of aromatic amines is 1. The van der Waals surface area contributed by atoms with Crippen LogP contribution < -0.4 is 14.0 Å². The molecule has 9 nitrogen and oxygen atoms in total. The quantitative estimate of drug-likeness (QED) is 0.447. The summed E-state index contributed by atoms with van der Waals surface area (Å²) in [7, 11) is -6.71. The van der Waals surface area contributed by atoms with Gasteiger partial charge in [0.05, 0.1) is 18.2 Å². The van der Waals surface area contributed by atoms with E-state index in [1.165, 1.54) is 22.8 Å². The van der Waals surface area contributed by atoms with Crippen molar-refractivity contribution in [2.45, 2.75) is 0 Å². The van der Waals surface area contributed by atoms with Crippen LogP contribution in [0.2, 0.25) is 0 Å². The molecule has 0 aliphatic heterocycles. The maximum Gasteiger partial charge on any atom is 0.274 e. The molecule has 0 radical (unpaired) electrons. The number of aromatic nitrogens is 2. The first kappa shape index (κ1) is 22.6. The van der Waals surface area contributed by atoms with Crippen molar-refractivity contribution < 1.29 is 21.6 Å². The molecule has 4 rings (SSSR count). The summed E-state index contributed by atoms with van der Waals surface area (Å²) in [6, 6.07) is 15.0. The van der Waals surface area contributed by atoms with Crippen LogP contribution in [0.3, 0.4) is 0 Å². The zero-order valence-corrected chi connectivity index (χ0v) is 19.6. The SMILES string of the molecule is Cn1cc(-c2cc(N(S(C)(=O)=O)S(C)(=O)=O)ccc2Oc2ccccc2)c2cc[nH]c2c1=O. The van der Waals surface area contributed by atoms with Gasteiger partial charge in [-0.3, -0.25) is 4.79 Å². The Kier molecular flexibility index (Phi) is 5.54. The molecule has 0 bridgehead atoms. The van der Waals surface area contributed by atoms with E-state index in [0.29, 0.717) is 37.2 Å². The summed E-state index contributed by atoms with van der Waals surface area (Å²) in [5.74, 6) is 0.887. The number of ether oxygens (including phenoxy) is 1. The van der Waals surface area contributed by atoms with Gasteiger partial charge < -0.3 is 14.3 Å². The summed E-state index contributed by atoms with van der Waals surface area (Å²) in [4.78, 5) is 15.4. The number of hydrogen-bond donors (Lipinski definition) is 1. The fraction of sp³-hybridized carbons (Fsp3) is 0.136. The van der Waals surface area contributed by atoms with E-state index in [2.05, 4.69) is 4.98 Å². The molecular weight excluding hydrogens is 466 g/mol. The van der Waals surface area contributed by atoms with E-state index >= 15 is 0 Å². The molecular formula is C22H21N3O6S2. The Morgan fingerprint density at radius 1 is 0.909 bits per heavy atom. The Morgan fingerprint density at radius 2 is 1.58 bits per heavy atom. The van der Waals surface area contributed by atoms with Gasteiger partial charge in [-0.2, -0.15) is 3.71 Å². The summed E-state index contributed by atoms with van der Waals surface area (Å²) < 4.78 is 57.2. The predicted molar refractivity (Wildman–Crippen MR) is 128 cm³/mol. The average molecular weight is 488 g/mol. The summed E-state index contributed by atoms with van der Waals surface area (Å²) in [5, 5.41) is 0.582. The maximum atomic E-state index is 12.5. The number of nitrogens with one attached hydrogen (secondary N) is 1. The van der Waals surface area contributed by atoms with Crippen molar-refractivity contribution in [3.63, 3.8) is 0 Å². The van der Waals surface area contributed by atoms with Crippen LogP contribution in [0.4, 0.5) is 5.69 Å². The number of benzene rings is 2. The number of pyridine rings is 1. The Balaban J connectivity index is 2.03. The third-order valence-corrected chi connectivity index (χ3v) is 8.18. The van der Waals surface area contributed by atoms with Gasteiger partial charge in [0.15, 0.2) is 0 Å². The highest BCUT2D eigenvalue weighted by molar-refractivity contribution is 8.09. The monoisotopic (exact) mass is 487 g/mol. The van der Waals surface area contributed by atoms with Gasteiger partial charge in [-0.25, -0.2) is 16.8 Å². The number of sulfonamides is 2. The van der Waals surface area contributed by atoms with Crippen LogP contribution in [0.1, 0.15) is 0 Å². The molecule has 0 aliphatic rings. The van der Waals surface area contributed by atoms with Crippen molar-refractivity contribution in [3.05, 3.63) is 77.3 Å². The topological polar surface area (TPSA) is 119 Å². The highest BCUT2D eigenvalue weighted by Gasteiger charge is 2.28. The first-order valence-electron chi connectivity index (χ1n) is 9.71. The van der Waals surface area contributed by atoms with Crippen LogP contribution in [0.5, 0.6) is 11.5 Å². The number of rotatable bonds is 6. The van der Waals surface area contributed by atoms with Crippen LogP contribution in [-0.2, 0) is 27.1 Å². The summed E-state index contributed by atoms with van der Waals surface area (Å²) >= 11 is 0. The molecule has 0 aliphatic carbocycles. The van der Waals surface area contributed by atoms with Gasteiger partial charge in [-0.15, -0.1) is 0 Å². The number of anilines is 1. The highest BCUT2D eigenvalue weighted by Crippen LogP contribution is 2.39. The van der Waals surface area contributed by atoms with E-state index in [4.69, 9.17) is 4.74 Å². The fourth-order valence-corrected chi connectivity index (χ4v) is 6.62. The number of hydrogen-bond acceptors (Lipinski definition) is 6. The fourth-order valence-electron chi connectivity index (χ4n) is 3.66. The minimum atomic E-state index is -4.15. The van der Waals surface area contributed by atoms with Crippen LogP contribution in [0.25, 0.3) is 22.0 Å². The smallest absolute Gasteiger partial charge is 0.274 e. The molecule has 11 heteroatoms. The van der Waals surface area contributed by atoms with E-state index in [1.54, 1.807) is 49.8 Å². The van der Waals surface area contributed by atoms with Crippen LogP contribution >= 0.6 is 0 Å². The summed E-state index contributed by atoms with van der Waals surface area (Å²) in [6.45, 7) is 0. The van der Waals surface area contributed by atoms with E-state index in [9.17, 15) is 21.6 Å². The number of para-hydroxylation sites is 1. The van der Waals surface area contributed by atoms with E-state index in [-0.39, 0.29) is 11.2 Å². The third kappa shape index (κ3) is 4.37. The summed E-state index contributed by atoms with van der Waals surface area (Å²) in [5.41, 5.74) is 1.01. The second kappa shape index (κ2) is 8.09. The van der Waals surface area contributed by atoms with Gasteiger partial charge in [-0.05, 0) is 36.4 Å². The van der Waals surface area contributed by atoms with Gasteiger partial charge in [0, 0.05) is 36.0 Å². The first-order valence-corrected chi connectivity index (χ1v) is 13.4. The Morgan fingerprint density at radius 3 is 2.21 bits per heavy atom. The van der Waals surface area contributed by atoms with Crippen molar-refractivity contribution in [3.8, 4) is 22.6 Å². The second-order valence-electron chi connectivity index (χ2n) is 7.54. The van der Waals surface area contributed by atoms with Gasteiger partial charge in [-0.1, -0.05) is 18.2 Å². The van der Waals surface area contributed by atoms with E-state index in [0.717, 1.165) is 12.5 Å². The van der Waals surface area contributed by atoms with Crippen LogP contribution in [-0.4, -0.2) is 38.9 Å². The molecule has 0 spiro atoms. The van der Waals surface area contributed by atoms with E-state index in [1.807, 2.05) is 6.07 Å². The van der Waals surface area contributed by atoms with Crippen molar-refractivity contribution >= 4 is 36.6 Å². The lowest BCUT2D eigenvalue weighted by Gasteiger charge is -2.22. The highest BCUT2D eigenvalue weighted by atomic mass is 32.3. The molecule has 0 saturated carbocycles. The molecule has 2 heterocycles. The molecule has 0 unspecified atom stereocenters. The average Bonchev–Trinajstić information content (AvgIpc) is 3.21. The van der Waals surface area contributed by atoms with Crippen molar-refractivity contribution in [1.82, 2.24) is 9.55 Å². The molecule has 172 valence electrons. The van der Waals surface area contributed by atoms with Gasteiger partial charge in [0.25, 0.3) is 5.56 Å². The number of H-pyrrole nitrogens is 1. The predicted octanol–water partition coefficient (Wildman–Crippen LogP) is 3.05. The Hall–Kier alpha value is -3.57. The molecule has 0 atom stereocenters. The van der Waals surface area contributed by atoms with Gasteiger partial charge in [0.2, 0.25) is 20.0 Å². The molecule has 0 saturated heterocycles. The maximum absolute atomic E-state index is 12.5. The van der Waals surface area contributed by atoms with Crippen molar-refractivity contribution in [2.24, 2.45) is 7.05 Å². The van der Waals surface area contributed by atoms with Crippen molar-refractivity contribution in [1.29, 1.82) is 0 Å². The lowest BCUT2D eigenvalue weighted by molar-refractivity contribution is 0.484. The zero-order chi connectivity index (χ0) is 24.0. The van der Waals surface area contributed by atoms with Crippen LogP contribution in [0, 0.1) is 0 Å². The van der Waals surface area contributed by atoms with E-state index < -0.39 is 20.0 Å². The minimum absolute atomic E-state index is 0.0760. The van der Waals surface area contributed by atoms with Gasteiger partial charge >= 0.3 is 0 Å². The Bertz CT molecular complexity index is 1590. The third-order valence-electron chi connectivity index (χ3n) is 4.93. The summed E-state index contributed by atoms with van der Waals surface area (Å²) in [6.07, 6.45) is 4.86. The zero-order valence-electron chi connectivity index (χ0n) is 18.0. The number of nitrogens with zero attached hydrogens (tertiary/aromatic N) is 2. The van der Waals surface area contributed by atoms with Crippen molar-refractivity contribution in [2.75, 3.05) is 16.2 Å². The number of aryl methyl sites for hydroxylation is 1. The molecule has 4 aromatic rings. The Labute approximate surface area is 191 Å². The first-order chi connectivity index (χ1) is 15.5. The van der Waals surface area contributed by atoms with Crippen LogP contribution in [0.15, 0.2) is 71.8 Å². The molecule has 0 fully saturated rings. The minimum Gasteiger partial charge on any atom is -0.457 e. The largest absolute Gasteiger partial charge is 0.457 e. The normalized spacial score (nSPS) is 12.1. The molecule has 2 aromatic carbocycles. The standard InChI is InChI=1S/C22H21N3O6S2/c1-24-14-19(17-11-12-23-21(17)22(24)26)18-13-15(25(32(2,27)28)33(3,29)30)9-10-20(18)31-16-7-5-4-6-8-16/h4-14,23H,1-3H3. The van der Waals surface area contributed by atoms with Gasteiger partial charge in [0.1, 0.15) is 17.0 Å². The molecule has 0 amide bonds. The molecule has 33 heavy (non-hydrogen) atoms. The molecule has 2 aromatic heterocycles. The molecule has 1 N–H and O–H groups in total. The number of fused-ring (bicyclic) bond motifs is 1. The lowest BCUT2D eigenvalue weighted by atomic mass is 10.0. The second-order valence-corrected chi connectivity index (χ2v) is 11.4. The lowest BCUT2D eigenvalue weighted by Crippen LogP contribution is -2.35.